The van der Waals surface area contributed by atoms with E-state index in [9.17, 15) is 19.8 Å². The van der Waals surface area contributed by atoms with E-state index in [0.29, 0.717) is 35.5 Å². The minimum atomic E-state index is -0.188. The number of carbonyl (C=O) groups excluding carboxylic acids is 2. The summed E-state index contributed by atoms with van der Waals surface area (Å²) in [7, 11) is 0. The average molecular weight is 1080 g/mol. The fraction of sp³-hybridized carbons (Fsp3) is 0.613. The Labute approximate surface area is 519 Å². The van der Waals surface area contributed by atoms with Crippen molar-refractivity contribution in [3.8, 4) is 0 Å². The molecule has 2 amide bonds. The van der Waals surface area contributed by atoms with Gasteiger partial charge in [-0.15, -0.1) is 13.2 Å². The second-order valence-electron chi connectivity index (χ2n) is 19.6. The first-order valence-electron chi connectivity index (χ1n) is 25.8. The maximum absolute atomic E-state index is 12.2. The van der Waals surface area contributed by atoms with Crippen molar-refractivity contribution < 1.29 is 76.5 Å². The zero-order valence-electron chi connectivity index (χ0n) is 53.3. The van der Waals surface area contributed by atoms with E-state index < -0.39 is 0 Å². The van der Waals surface area contributed by atoms with Crippen LogP contribution < -0.4 is 47.9 Å². The second kappa shape index (κ2) is 77.8. The molecule has 0 radical (unpaired) electrons. The van der Waals surface area contributed by atoms with Gasteiger partial charge in [-0.3, -0.25) is 9.59 Å². The van der Waals surface area contributed by atoms with Crippen molar-refractivity contribution in [1.82, 2.24) is 9.80 Å². The predicted molar refractivity (Wildman–Crippen MR) is 322 cm³/mol. The molecule has 0 atom stereocenters. The number of amides is 2. The molecule has 0 N–H and O–H groups in total. The molecular formula is C62H114Al2Li2N2O8. The summed E-state index contributed by atoms with van der Waals surface area (Å²) in [6.45, 7) is 72.5. The van der Waals surface area contributed by atoms with Gasteiger partial charge in [0.15, 0.2) is 0 Å². The van der Waals surface area contributed by atoms with E-state index in [4.69, 9.17) is 9.47 Å². The average Bonchev–Trinajstić information content (AvgIpc) is 3.25. The Morgan fingerprint density at radius 2 is 0.632 bits per heavy atom. The van der Waals surface area contributed by atoms with Crippen molar-refractivity contribution in [3.05, 3.63) is 139 Å². The second-order valence-corrected chi connectivity index (χ2v) is 19.6. The SMILES string of the molecule is C1COCCO1.C=COCC[O-].C=COCC[O-].CC(C)N(C(=O)c1ccccc1)C(C)C.CC(C)N(C(=O)c1ccccc1)C(C)C.[Al+3].[Al+3].[CH2-]C(C)C.[CH2-]C(C)C.[CH2-]C(C)C.[CH2-]C(C)C.[CH2-]C(C)C.[CH2-]C(C)C.[Li+].[Li+]. The molecule has 1 fully saturated rings. The molecule has 0 bridgehead atoms. The molecule has 14 heteroatoms. The quantitative estimate of drug-likeness (QED) is 0.0961. The fourth-order valence-corrected chi connectivity index (χ4v) is 4.29. The molecule has 0 aliphatic carbocycles. The summed E-state index contributed by atoms with van der Waals surface area (Å²) in [6, 6.07) is 19.8. The van der Waals surface area contributed by atoms with Gasteiger partial charge < -0.3 is 80.5 Å². The fourth-order valence-electron chi connectivity index (χ4n) is 4.29. The van der Waals surface area contributed by atoms with Crippen molar-refractivity contribution in [2.24, 2.45) is 35.5 Å². The number of carbonyl (C=O) groups is 2. The minimum Gasteiger partial charge on any atom is -0.852 e. The smallest absolute Gasteiger partial charge is 0.852 e. The first-order valence-corrected chi connectivity index (χ1v) is 25.8. The van der Waals surface area contributed by atoms with Gasteiger partial charge in [-0.25, -0.2) is 0 Å². The third-order valence-electron chi connectivity index (χ3n) is 6.12. The molecule has 0 saturated carbocycles. The van der Waals surface area contributed by atoms with E-state index in [1.807, 2.05) is 126 Å². The van der Waals surface area contributed by atoms with Gasteiger partial charge in [0.1, 0.15) is 0 Å². The number of hydrogen-bond acceptors (Lipinski definition) is 8. The van der Waals surface area contributed by atoms with Crippen LogP contribution in [-0.2, 0) is 18.9 Å². The van der Waals surface area contributed by atoms with Crippen molar-refractivity contribution in [2.45, 2.75) is 163 Å². The molecule has 1 heterocycles. The Hall–Kier alpha value is -1.44. The summed E-state index contributed by atoms with van der Waals surface area (Å²) in [6.07, 6.45) is 2.52. The van der Waals surface area contributed by atoms with E-state index in [1.165, 1.54) is 12.5 Å². The molecule has 0 spiro atoms. The van der Waals surface area contributed by atoms with Crippen molar-refractivity contribution in [3.63, 3.8) is 0 Å². The molecule has 1 aliphatic heterocycles. The molecule has 2 aromatic carbocycles. The van der Waals surface area contributed by atoms with Crippen LogP contribution in [-0.4, -0.2) is 133 Å². The summed E-state index contributed by atoms with van der Waals surface area (Å²) in [5, 5.41) is 19.0. The molecule has 0 aromatic heterocycles. The summed E-state index contributed by atoms with van der Waals surface area (Å²) in [5.74, 6) is 3.72. The largest absolute Gasteiger partial charge is 3.00 e. The van der Waals surface area contributed by atoms with Crippen LogP contribution in [0.1, 0.15) is 159 Å². The number of rotatable bonds is 12. The van der Waals surface area contributed by atoms with Gasteiger partial charge >= 0.3 is 72.4 Å². The zero-order valence-corrected chi connectivity index (χ0v) is 55.6. The standard InChI is InChI=1S/2C13H19NO.C4H8O2.2C4H7O2.6C4H9.2Al.2Li/c2*1-10(2)14(11(3)4)13(15)12-8-6-5-7-9-12;1-2-6-4-3-5-1;2*1-2-6-4-3-5;6*1-4(2)3;;;;/h2*5-11H,1-4H3;1-4H2;2*2H,1,3-4H2;6*4H,1H2,2-3H3;;;;/q;;;8*-1;2*+3;2*+1. The number of hydrogen-bond donors (Lipinski definition) is 0. The maximum atomic E-state index is 12.2. The first kappa shape index (κ1) is 103. The summed E-state index contributed by atoms with van der Waals surface area (Å²) in [4.78, 5) is 28.1. The Balaban J connectivity index is -0.0000000621. The Kier molecular flexibility index (Phi) is 106. The monoisotopic (exact) mass is 1080 g/mol. The predicted octanol–water partition coefficient (Wildman–Crippen LogP) is 7.04. The van der Waals surface area contributed by atoms with E-state index in [2.05, 4.69) is 147 Å². The van der Waals surface area contributed by atoms with Crippen LogP contribution >= 0.6 is 0 Å². The minimum absolute atomic E-state index is 0. The molecule has 1 saturated heterocycles. The molecule has 76 heavy (non-hydrogen) atoms. The van der Waals surface area contributed by atoms with Crippen molar-refractivity contribution >= 4 is 46.5 Å². The number of ether oxygens (including phenoxy) is 4. The summed E-state index contributed by atoms with van der Waals surface area (Å²) < 4.78 is 18.8. The van der Waals surface area contributed by atoms with E-state index >= 15 is 0 Å². The number of benzene rings is 2. The van der Waals surface area contributed by atoms with Crippen LogP contribution in [0.2, 0.25) is 0 Å². The van der Waals surface area contributed by atoms with Crippen LogP contribution in [0.4, 0.5) is 0 Å². The van der Waals surface area contributed by atoms with E-state index in [0.717, 1.165) is 37.6 Å². The molecule has 428 valence electrons. The van der Waals surface area contributed by atoms with Gasteiger partial charge in [0.25, 0.3) is 11.8 Å². The zero-order chi connectivity index (χ0) is 58.2. The van der Waals surface area contributed by atoms with Gasteiger partial charge in [-0.1, -0.05) is 133 Å². The Morgan fingerprint density at radius 1 is 0.461 bits per heavy atom. The normalized spacial score (nSPS) is 10.2. The van der Waals surface area contributed by atoms with Gasteiger partial charge in [0.05, 0.1) is 52.2 Å². The molecular weight excluding hydrogens is 969 g/mol. The van der Waals surface area contributed by atoms with E-state index in [-0.39, 0.29) is 135 Å². The molecule has 1 aliphatic rings. The van der Waals surface area contributed by atoms with Crippen LogP contribution in [0.3, 0.4) is 0 Å². The van der Waals surface area contributed by atoms with Gasteiger partial charge in [0, 0.05) is 35.3 Å². The van der Waals surface area contributed by atoms with Gasteiger partial charge in [-0.2, -0.15) is 35.5 Å². The molecule has 3 rings (SSSR count). The first-order chi connectivity index (χ1) is 33.3. The van der Waals surface area contributed by atoms with Crippen LogP contribution in [0, 0.1) is 77.0 Å². The third-order valence-corrected chi connectivity index (χ3v) is 6.12. The van der Waals surface area contributed by atoms with Gasteiger partial charge in [-0.05, 0) is 79.7 Å². The maximum Gasteiger partial charge on any atom is 3.00 e. The summed E-state index contributed by atoms with van der Waals surface area (Å²) >= 11 is 0. The summed E-state index contributed by atoms with van der Waals surface area (Å²) in [5.41, 5.74) is 1.53. The number of nitrogens with zero attached hydrogens (tertiary/aromatic N) is 2. The molecule has 0 unspecified atom stereocenters. The topological polar surface area (TPSA) is 124 Å². The van der Waals surface area contributed by atoms with Crippen LogP contribution in [0.25, 0.3) is 0 Å². The van der Waals surface area contributed by atoms with Gasteiger partial charge in [0.2, 0.25) is 0 Å². The Morgan fingerprint density at radius 3 is 0.737 bits per heavy atom. The van der Waals surface area contributed by atoms with Crippen LogP contribution in [0.5, 0.6) is 0 Å². The molecule has 10 nitrogen and oxygen atoms in total. The van der Waals surface area contributed by atoms with E-state index in [1.54, 1.807) is 0 Å². The molecule has 2 aromatic rings. The van der Waals surface area contributed by atoms with Crippen LogP contribution in [0.15, 0.2) is 86.3 Å². The Bertz CT molecular complexity index is 1200. The van der Waals surface area contributed by atoms with Crippen molar-refractivity contribution in [1.29, 1.82) is 0 Å². The third kappa shape index (κ3) is 108. The van der Waals surface area contributed by atoms with Crippen molar-refractivity contribution in [2.75, 3.05) is 52.9 Å².